The van der Waals surface area contributed by atoms with Crippen LogP contribution in [0, 0.1) is 5.92 Å². The first kappa shape index (κ1) is 20.7. The zero-order valence-electron chi connectivity index (χ0n) is 17.0. The van der Waals surface area contributed by atoms with Crippen LogP contribution in [0.3, 0.4) is 0 Å². The summed E-state index contributed by atoms with van der Waals surface area (Å²) in [4.78, 5) is 27.0. The van der Waals surface area contributed by atoms with E-state index < -0.39 is 0 Å². The molecule has 1 atom stereocenters. The smallest absolute Gasteiger partial charge is 0.229 e. The van der Waals surface area contributed by atoms with Crippen LogP contribution >= 0.6 is 0 Å². The molecule has 6 heteroatoms. The zero-order valence-corrected chi connectivity index (χ0v) is 17.0. The molecule has 154 valence electrons. The number of carbonyl (C=O) groups excluding carboxylic acids is 2. The van der Waals surface area contributed by atoms with Crippen molar-refractivity contribution in [2.45, 2.75) is 32.7 Å². The number of likely N-dealkylation sites (tertiary alicyclic amines) is 1. The predicted molar refractivity (Wildman–Crippen MR) is 112 cm³/mol. The molecular weight excluding hydrogens is 368 g/mol. The van der Waals surface area contributed by atoms with Crippen LogP contribution in [0.4, 0.5) is 5.69 Å². The minimum Gasteiger partial charge on any atom is -0.497 e. The van der Waals surface area contributed by atoms with Crippen molar-refractivity contribution in [1.29, 1.82) is 0 Å². The van der Waals surface area contributed by atoms with E-state index in [4.69, 9.17) is 9.47 Å². The Bertz CT molecular complexity index is 838. The standard InChI is InChI=1S/C23H28N2O4/c1-3-4-12-29-21-11-10-19(28-2)14-20(21)24-23(27)18-13-22(26)25(16-18)15-17-8-6-5-7-9-17/h5-11,14,18H,3-4,12-13,15-16H2,1-2H3,(H,24,27). The molecule has 1 unspecified atom stereocenters. The lowest BCUT2D eigenvalue weighted by atomic mass is 10.1. The second kappa shape index (κ2) is 9.96. The van der Waals surface area contributed by atoms with Crippen molar-refractivity contribution < 1.29 is 19.1 Å². The molecule has 2 aromatic rings. The van der Waals surface area contributed by atoms with E-state index in [0.29, 0.717) is 36.9 Å². The highest BCUT2D eigenvalue weighted by Crippen LogP contribution is 2.31. The highest BCUT2D eigenvalue weighted by Gasteiger charge is 2.34. The van der Waals surface area contributed by atoms with Crippen molar-refractivity contribution in [3.05, 3.63) is 54.1 Å². The highest BCUT2D eigenvalue weighted by atomic mass is 16.5. The van der Waals surface area contributed by atoms with Crippen molar-refractivity contribution in [2.24, 2.45) is 5.92 Å². The van der Waals surface area contributed by atoms with Gasteiger partial charge in [0.05, 0.1) is 25.3 Å². The number of carbonyl (C=O) groups is 2. The maximum atomic E-state index is 12.9. The summed E-state index contributed by atoms with van der Waals surface area (Å²) in [5.41, 5.74) is 1.63. The van der Waals surface area contributed by atoms with Crippen LogP contribution in [0.2, 0.25) is 0 Å². The molecule has 0 radical (unpaired) electrons. The Labute approximate surface area is 171 Å². The minimum atomic E-state index is -0.388. The lowest BCUT2D eigenvalue weighted by Crippen LogP contribution is -2.28. The minimum absolute atomic E-state index is 0.000866. The van der Waals surface area contributed by atoms with Gasteiger partial charge in [-0.05, 0) is 24.1 Å². The maximum absolute atomic E-state index is 12.9. The van der Waals surface area contributed by atoms with Gasteiger partial charge in [-0.15, -0.1) is 0 Å². The molecule has 2 aromatic carbocycles. The molecule has 2 amide bonds. The number of ether oxygens (including phenoxy) is 2. The average molecular weight is 396 g/mol. The fourth-order valence-corrected chi connectivity index (χ4v) is 3.33. The van der Waals surface area contributed by atoms with Gasteiger partial charge in [-0.2, -0.15) is 0 Å². The Morgan fingerprint density at radius 3 is 2.72 bits per heavy atom. The summed E-state index contributed by atoms with van der Waals surface area (Å²) in [6.07, 6.45) is 2.18. The molecule has 1 N–H and O–H groups in total. The molecule has 1 heterocycles. The third-order valence-corrected chi connectivity index (χ3v) is 5.00. The normalized spacial score (nSPS) is 16.0. The van der Waals surface area contributed by atoms with Gasteiger partial charge >= 0.3 is 0 Å². The van der Waals surface area contributed by atoms with Crippen LogP contribution in [-0.4, -0.2) is 37.0 Å². The first-order valence-electron chi connectivity index (χ1n) is 10.0. The van der Waals surface area contributed by atoms with E-state index in [1.54, 1.807) is 30.2 Å². The maximum Gasteiger partial charge on any atom is 0.229 e. The SMILES string of the molecule is CCCCOc1ccc(OC)cc1NC(=O)C1CC(=O)N(Cc2ccccc2)C1. The van der Waals surface area contributed by atoms with E-state index in [2.05, 4.69) is 12.2 Å². The van der Waals surface area contributed by atoms with Crippen LogP contribution in [-0.2, 0) is 16.1 Å². The lowest BCUT2D eigenvalue weighted by Gasteiger charge is -2.18. The third kappa shape index (κ3) is 5.50. The predicted octanol–water partition coefficient (Wildman–Crippen LogP) is 3.86. The largest absolute Gasteiger partial charge is 0.497 e. The second-order valence-corrected chi connectivity index (χ2v) is 7.21. The van der Waals surface area contributed by atoms with E-state index in [9.17, 15) is 9.59 Å². The summed E-state index contributed by atoms with van der Waals surface area (Å²) in [6, 6.07) is 15.2. The Kier molecular flexibility index (Phi) is 7.11. The molecule has 1 aliphatic rings. The van der Waals surface area contributed by atoms with Gasteiger partial charge in [0.1, 0.15) is 11.5 Å². The van der Waals surface area contributed by atoms with Crippen LogP contribution in [0.15, 0.2) is 48.5 Å². The van der Waals surface area contributed by atoms with E-state index in [-0.39, 0.29) is 24.2 Å². The third-order valence-electron chi connectivity index (χ3n) is 5.00. The van der Waals surface area contributed by atoms with Gasteiger partial charge in [-0.1, -0.05) is 43.7 Å². The summed E-state index contributed by atoms with van der Waals surface area (Å²) in [5, 5.41) is 2.94. The van der Waals surface area contributed by atoms with Gasteiger partial charge in [-0.25, -0.2) is 0 Å². The molecule has 0 aliphatic carbocycles. The number of nitrogens with one attached hydrogen (secondary N) is 1. The molecule has 0 spiro atoms. The molecular formula is C23H28N2O4. The zero-order chi connectivity index (χ0) is 20.6. The van der Waals surface area contributed by atoms with Crippen LogP contribution in [0.25, 0.3) is 0 Å². The Balaban J connectivity index is 1.65. The number of anilines is 1. The van der Waals surface area contributed by atoms with Crippen molar-refractivity contribution >= 4 is 17.5 Å². The average Bonchev–Trinajstić information content (AvgIpc) is 3.10. The van der Waals surface area contributed by atoms with Gasteiger partial charge in [0.15, 0.2) is 0 Å². The van der Waals surface area contributed by atoms with Crippen LogP contribution in [0.5, 0.6) is 11.5 Å². The van der Waals surface area contributed by atoms with Crippen LogP contribution in [0.1, 0.15) is 31.7 Å². The Morgan fingerprint density at radius 1 is 1.21 bits per heavy atom. The highest BCUT2D eigenvalue weighted by molar-refractivity contribution is 5.98. The number of rotatable bonds is 9. The number of benzene rings is 2. The fraction of sp³-hybridized carbons (Fsp3) is 0.391. The summed E-state index contributed by atoms with van der Waals surface area (Å²) >= 11 is 0. The van der Waals surface area contributed by atoms with Gasteiger partial charge < -0.3 is 19.7 Å². The molecule has 0 saturated carbocycles. The number of amides is 2. The summed E-state index contributed by atoms with van der Waals surface area (Å²) in [7, 11) is 1.58. The molecule has 0 aromatic heterocycles. The molecule has 1 saturated heterocycles. The van der Waals surface area contributed by atoms with Crippen LogP contribution < -0.4 is 14.8 Å². The monoisotopic (exact) mass is 396 g/mol. The van der Waals surface area contributed by atoms with E-state index in [1.807, 2.05) is 30.3 Å². The summed E-state index contributed by atoms with van der Waals surface area (Å²) < 4.78 is 11.1. The number of methoxy groups -OCH3 is 1. The number of nitrogens with zero attached hydrogens (tertiary/aromatic N) is 1. The Hall–Kier alpha value is -3.02. The molecule has 1 aliphatic heterocycles. The Morgan fingerprint density at radius 2 is 2.00 bits per heavy atom. The van der Waals surface area contributed by atoms with Gasteiger partial charge in [0.25, 0.3) is 0 Å². The fourth-order valence-electron chi connectivity index (χ4n) is 3.33. The van der Waals surface area contributed by atoms with Gasteiger partial charge in [0.2, 0.25) is 11.8 Å². The molecule has 0 bridgehead atoms. The topological polar surface area (TPSA) is 67.9 Å². The quantitative estimate of drug-likeness (QED) is 0.654. The van der Waals surface area contributed by atoms with Gasteiger partial charge in [-0.3, -0.25) is 9.59 Å². The van der Waals surface area contributed by atoms with E-state index in [0.717, 1.165) is 18.4 Å². The molecule has 3 rings (SSSR count). The van der Waals surface area contributed by atoms with Crippen molar-refractivity contribution in [3.63, 3.8) is 0 Å². The van der Waals surface area contributed by atoms with E-state index >= 15 is 0 Å². The lowest BCUT2D eigenvalue weighted by molar-refractivity contribution is -0.128. The summed E-state index contributed by atoms with van der Waals surface area (Å²) in [6.45, 7) is 3.61. The van der Waals surface area contributed by atoms with Crippen molar-refractivity contribution in [3.8, 4) is 11.5 Å². The number of hydrogen-bond acceptors (Lipinski definition) is 4. The molecule has 29 heavy (non-hydrogen) atoms. The molecule has 6 nitrogen and oxygen atoms in total. The van der Waals surface area contributed by atoms with Crippen molar-refractivity contribution in [2.75, 3.05) is 25.6 Å². The first-order valence-corrected chi connectivity index (χ1v) is 10.0. The van der Waals surface area contributed by atoms with Gasteiger partial charge in [0, 0.05) is 25.6 Å². The molecule has 1 fully saturated rings. The van der Waals surface area contributed by atoms with E-state index in [1.165, 1.54) is 0 Å². The number of hydrogen-bond donors (Lipinski definition) is 1. The second-order valence-electron chi connectivity index (χ2n) is 7.21. The summed E-state index contributed by atoms with van der Waals surface area (Å²) in [5.74, 6) is 0.678. The first-order chi connectivity index (χ1) is 14.1. The van der Waals surface area contributed by atoms with Crippen molar-refractivity contribution in [1.82, 2.24) is 4.90 Å². The number of unbranched alkanes of at least 4 members (excludes halogenated alkanes) is 1.